The van der Waals surface area contributed by atoms with Gasteiger partial charge >= 0.3 is 5.97 Å². The van der Waals surface area contributed by atoms with E-state index in [1.165, 1.54) is 21.7 Å². The predicted octanol–water partition coefficient (Wildman–Crippen LogP) is 6.55. The quantitative estimate of drug-likeness (QED) is 0.134. The number of nitrogens with two attached hydrogens (primary N) is 1. The molecule has 5 heterocycles. The third kappa shape index (κ3) is 10.4. The van der Waals surface area contributed by atoms with Crippen molar-refractivity contribution in [1.29, 1.82) is 0 Å². The van der Waals surface area contributed by atoms with Crippen LogP contribution in [0.2, 0.25) is 0 Å². The van der Waals surface area contributed by atoms with Crippen LogP contribution in [0, 0.1) is 11.3 Å². The number of fused-ring (bicyclic) bond motifs is 6. The fourth-order valence-corrected chi connectivity index (χ4v) is 11.1. The Hall–Kier alpha value is -4.96. The number of methoxy groups -OCH3 is 1. The van der Waals surface area contributed by atoms with Crippen LogP contribution < -0.4 is 16.5 Å². The number of esters is 1. The molecule has 3 aliphatic heterocycles. The minimum Gasteiger partial charge on any atom is -0.508 e. The first-order chi connectivity index (χ1) is 31.0. The molecule has 2 aromatic heterocycles. The van der Waals surface area contributed by atoms with Crippen LogP contribution in [0.3, 0.4) is 0 Å². The van der Waals surface area contributed by atoms with Crippen LogP contribution in [-0.2, 0) is 48.0 Å². The van der Waals surface area contributed by atoms with Gasteiger partial charge in [0.1, 0.15) is 23.9 Å². The molecule has 0 radical (unpaired) electrons. The van der Waals surface area contributed by atoms with Gasteiger partial charge in [-0.05, 0) is 116 Å². The molecule has 3 aliphatic rings. The van der Waals surface area contributed by atoms with E-state index in [1.54, 1.807) is 32.5 Å². The van der Waals surface area contributed by atoms with Crippen LogP contribution in [-0.4, -0.2) is 111 Å². The molecule has 0 spiro atoms. The molecule has 2 saturated heterocycles. The summed E-state index contributed by atoms with van der Waals surface area (Å²) in [7, 11) is 3.31. The molecule has 3 amide bonds. The Morgan fingerprint density at radius 1 is 1.09 bits per heavy atom. The third-order valence-corrected chi connectivity index (χ3v) is 14.6. The Bertz CT molecular complexity index is 2400. The van der Waals surface area contributed by atoms with Gasteiger partial charge in [0, 0.05) is 67.8 Å². The number of rotatable bonds is 9. The van der Waals surface area contributed by atoms with Crippen LogP contribution in [0.1, 0.15) is 96.6 Å². The number of thioether (sulfide) groups is 1. The molecule has 0 saturated carbocycles. The molecule has 0 unspecified atom stereocenters. The average molecular weight is 910 g/mol. The van der Waals surface area contributed by atoms with Gasteiger partial charge in [-0.25, -0.2) is 5.43 Å². The highest BCUT2D eigenvalue weighted by Gasteiger charge is 2.40. The number of nitrogens with zero attached hydrogens (tertiary/aromatic N) is 4. The number of phenolic OH excluding ortho intramolecular Hbond substituents is 1. The molecule has 5 N–H and O–H groups in total. The molecular weight excluding hydrogens is 843 g/mol. The van der Waals surface area contributed by atoms with Crippen molar-refractivity contribution in [3.63, 3.8) is 0 Å². The maximum atomic E-state index is 14.7. The van der Waals surface area contributed by atoms with Crippen LogP contribution in [0.25, 0.3) is 33.3 Å². The maximum absolute atomic E-state index is 14.7. The van der Waals surface area contributed by atoms with Crippen LogP contribution in [0.4, 0.5) is 0 Å². The van der Waals surface area contributed by atoms with Crippen molar-refractivity contribution in [2.24, 2.45) is 17.1 Å². The molecule has 2 fully saturated rings. The standard InChI is InChI=1S/C50H67N7O7S/c1-9-56-41-18-17-32-26-36(41)37(44(56)35-14-12-19-52-42(35)30(4)63-8)27-50(5,6)28-64-49(62)39-16-13-20-57(54-39)47(60)40(24-31-22-33(32)25-34(58)23-31)53-46(59)43(29(2)3)55(7)48(61)45-38(51)15-10-11-21-65-45/h12,14,17-19,22-23,25-26,29-30,38-40,43,45,54,58H,9-11,13,15-16,20-21,24,27-28,51H2,1-8H3,(H,53,59)/t30-,38-,39-,40-,43-,45-/m0/s1. The first-order valence-corrected chi connectivity index (χ1v) is 24.2. The van der Waals surface area contributed by atoms with Crippen molar-refractivity contribution >= 4 is 46.4 Å². The summed E-state index contributed by atoms with van der Waals surface area (Å²) in [5.41, 5.74) is 16.2. The zero-order valence-electron chi connectivity index (χ0n) is 39.2. The number of hydrogen-bond acceptors (Lipinski definition) is 11. The fraction of sp³-hybridized carbons (Fsp3) is 0.540. The number of hydrazine groups is 1. The molecule has 6 bridgehead atoms. The van der Waals surface area contributed by atoms with Gasteiger partial charge in [-0.2, -0.15) is 0 Å². The maximum Gasteiger partial charge on any atom is 0.324 e. The third-order valence-electron chi connectivity index (χ3n) is 13.2. The Morgan fingerprint density at radius 3 is 2.62 bits per heavy atom. The number of phenols is 1. The van der Waals surface area contributed by atoms with Crippen molar-refractivity contribution in [3.05, 3.63) is 71.5 Å². The SMILES string of the molecule is CCn1c(-c2cccnc2[C@H](C)OC)c2c3cc(ccc31)-c1cc(O)cc(c1)C[C@H](NC(=O)[C@H](C(C)C)N(C)C(=O)[C@H]1SCCCC[C@@H]1N)C(=O)N1CCC[C@H](N1)C(=O)OCC(C)(C)C2. The van der Waals surface area contributed by atoms with Gasteiger partial charge in [-0.1, -0.05) is 46.2 Å². The number of pyridine rings is 1. The highest BCUT2D eigenvalue weighted by molar-refractivity contribution is 8.00. The summed E-state index contributed by atoms with van der Waals surface area (Å²) in [6.07, 6.45) is 5.72. The van der Waals surface area contributed by atoms with Crippen LogP contribution >= 0.6 is 11.8 Å². The number of likely N-dealkylation sites (N-methyl/N-ethyl adjacent to an activating group) is 1. The summed E-state index contributed by atoms with van der Waals surface area (Å²) >= 11 is 1.54. The van der Waals surface area contributed by atoms with E-state index in [-0.39, 0.29) is 42.7 Å². The normalized spacial score (nSPS) is 22.7. The molecular formula is C50H67N7O7S. The number of aromatic hydroxyl groups is 1. The van der Waals surface area contributed by atoms with E-state index in [4.69, 9.17) is 20.2 Å². The molecule has 2 aromatic carbocycles. The summed E-state index contributed by atoms with van der Waals surface area (Å²) in [5.74, 6) is -1.08. The van der Waals surface area contributed by atoms with E-state index < -0.39 is 46.6 Å². The Labute approximate surface area is 387 Å². The average Bonchev–Trinajstić information content (AvgIpc) is 3.41. The second-order valence-corrected chi connectivity index (χ2v) is 20.4. The largest absolute Gasteiger partial charge is 0.508 e. The Morgan fingerprint density at radius 2 is 1.88 bits per heavy atom. The smallest absolute Gasteiger partial charge is 0.324 e. The zero-order valence-corrected chi connectivity index (χ0v) is 40.0. The molecule has 14 nitrogen and oxygen atoms in total. The first-order valence-electron chi connectivity index (χ1n) is 23.2. The van der Waals surface area contributed by atoms with Crippen molar-refractivity contribution in [1.82, 2.24) is 30.2 Å². The monoisotopic (exact) mass is 909 g/mol. The molecule has 0 aliphatic carbocycles. The number of cyclic esters (lactones) is 1. The lowest BCUT2D eigenvalue weighted by Crippen LogP contribution is -2.62. The van der Waals surface area contributed by atoms with Gasteiger partial charge in [0.05, 0.1) is 29.3 Å². The number of aryl methyl sites for hydroxylation is 1. The molecule has 65 heavy (non-hydrogen) atoms. The van der Waals surface area contributed by atoms with E-state index in [9.17, 15) is 24.3 Å². The minimum absolute atomic E-state index is 0.00721. The Kier molecular flexibility index (Phi) is 15.0. The van der Waals surface area contributed by atoms with Gasteiger partial charge < -0.3 is 35.1 Å². The van der Waals surface area contributed by atoms with Crippen molar-refractivity contribution in [2.75, 3.05) is 33.1 Å². The van der Waals surface area contributed by atoms with Gasteiger partial charge in [0.25, 0.3) is 5.91 Å². The fourth-order valence-electron chi connectivity index (χ4n) is 9.81. The van der Waals surface area contributed by atoms with Crippen molar-refractivity contribution in [2.45, 2.75) is 129 Å². The number of amides is 3. The van der Waals surface area contributed by atoms with E-state index in [1.807, 2.05) is 39.0 Å². The number of benzene rings is 2. The lowest BCUT2D eigenvalue weighted by atomic mass is 9.84. The molecule has 15 heteroatoms. The second-order valence-electron chi connectivity index (χ2n) is 19.1. The van der Waals surface area contributed by atoms with Gasteiger partial charge in [0.15, 0.2) is 0 Å². The number of hydrogen-bond donors (Lipinski definition) is 4. The second kappa shape index (κ2) is 20.3. The lowest BCUT2D eigenvalue weighted by Gasteiger charge is -2.37. The highest BCUT2D eigenvalue weighted by atomic mass is 32.2. The zero-order chi connectivity index (χ0) is 46.7. The van der Waals surface area contributed by atoms with E-state index in [2.05, 4.69) is 54.3 Å². The van der Waals surface area contributed by atoms with E-state index in [0.29, 0.717) is 37.9 Å². The number of carbonyl (C=O) groups excluding carboxylic acids is 4. The van der Waals surface area contributed by atoms with Crippen LogP contribution in [0.15, 0.2) is 54.7 Å². The summed E-state index contributed by atoms with van der Waals surface area (Å²) in [6, 6.07) is 12.4. The highest BCUT2D eigenvalue weighted by Crippen LogP contribution is 2.42. The summed E-state index contributed by atoms with van der Waals surface area (Å²) < 4.78 is 14.2. The van der Waals surface area contributed by atoms with Crippen LogP contribution in [0.5, 0.6) is 5.75 Å². The summed E-state index contributed by atoms with van der Waals surface area (Å²) in [6.45, 7) is 13.1. The van der Waals surface area contributed by atoms with Crippen molar-refractivity contribution in [3.8, 4) is 28.1 Å². The van der Waals surface area contributed by atoms with Gasteiger partial charge in [-0.15, -0.1) is 11.8 Å². The lowest BCUT2D eigenvalue weighted by molar-refractivity contribution is -0.155. The summed E-state index contributed by atoms with van der Waals surface area (Å²) in [4.78, 5) is 63.5. The number of nitrogens with one attached hydrogen (secondary N) is 2. The first kappa shape index (κ1) is 48.0. The number of ether oxygens (including phenoxy) is 2. The number of carbonyl (C=O) groups is 4. The number of aromatic nitrogens is 2. The molecule has 4 aromatic rings. The molecule has 350 valence electrons. The van der Waals surface area contributed by atoms with Crippen molar-refractivity contribution < 1.29 is 33.8 Å². The minimum atomic E-state index is -1.13. The predicted molar refractivity (Wildman–Crippen MR) is 255 cm³/mol. The Balaban J connectivity index is 1.33. The summed E-state index contributed by atoms with van der Waals surface area (Å²) in [5, 5.41) is 16.3. The topological polar surface area (TPSA) is 181 Å². The van der Waals surface area contributed by atoms with Gasteiger partial charge in [-0.3, -0.25) is 29.2 Å². The van der Waals surface area contributed by atoms with E-state index >= 15 is 0 Å². The van der Waals surface area contributed by atoms with Gasteiger partial charge in [0.2, 0.25) is 11.8 Å². The molecule has 7 rings (SSSR count). The molecule has 6 atom stereocenters. The van der Waals surface area contributed by atoms with E-state index in [0.717, 1.165) is 69.6 Å².